The first-order valence-electron chi connectivity index (χ1n) is 10.6. The van der Waals surface area contributed by atoms with E-state index in [-0.39, 0.29) is 23.3 Å². The van der Waals surface area contributed by atoms with Gasteiger partial charge in [0.1, 0.15) is 0 Å². The summed E-state index contributed by atoms with van der Waals surface area (Å²) in [6, 6.07) is 13.0. The van der Waals surface area contributed by atoms with Crippen molar-refractivity contribution in [3.05, 3.63) is 59.7 Å². The number of hydrogen-bond acceptors (Lipinski definition) is 5. The average Bonchev–Trinajstić information content (AvgIpc) is 2.77. The fourth-order valence-electron chi connectivity index (χ4n) is 3.74. The molecular formula is C23H30N4O4S. The van der Waals surface area contributed by atoms with Crippen molar-refractivity contribution >= 4 is 27.5 Å². The van der Waals surface area contributed by atoms with Gasteiger partial charge < -0.3 is 10.2 Å². The zero-order valence-electron chi connectivity index (χ0n) is 18.7. The molecule has 32 heavy (non-hydrogen) atoms. The minimum absolute atomic E-state index is 0.0915. The van der Waals surface area contributed by atoms with Crippen LogP contribution in [-0.4, -0.2) is 68.8 Å². The van der Waals surface area contributed by atoms with Crippen LogP contribution >= 0.6 is 0 Å². The Labute approximate surface area is 189 Å². The van der Waals surface area contributed by atoms with E-state index in [0.29, 0.717) is 26.2 Å². The molecule has 0 unspecified atom stereocenters. The first-order chi connectivity index (χ1) is 15.2. The van der Waals surface area contributed by atoms with Gasteiger partial charge in [0.15, 0.2) is 0 Å². The SMILES string of the molecule is Cc1cccc(C)c1NC(=O)CN1CCN(C(=O)[C@H](C)NS(=O)(=O)c2ccccc2)CC1. The predicted octanol–water partition coefficient (Wildman–Crippen LogP) is 1.75. The van der Waals surface area contributed by atoms with Gasteiger partial charge in [-0.15, -0.1) is 0 Å². The minimum Gasteiger partial charge on any atom is -0.339 e. The Morgan fingerprint density at radius 1 is 0.938 bits per heavy atom. The van der Waals surface area contributed by atoms with Crippen LogP contribution in [0, 0.1) is 13.8 Å². The quantitative estimate of drug-likeness (QED) is 0.659. The fourth-order valence-corrected chi connectivity index (χ4v) is 4.96. The molecule has 1 aliphatic heterocycles. The van der Waals surface area contributed by atoms with E-state index in [1.54, 1.807) is 30.0 Å². The zero-order chi connectivity index (χ0) is 23.3. The van der Waals surface area contributed by atoms with Gasteiger partial charge in [0, 0.05) is 31.9 Å². The zero-order valence-corrected chi connectivity index (χ0v) is 19.5. The average molecular weight is 459 g/mol. The molecule has 2 aromatic rings. The van der Waals surface area contributed by atoms with Crippen LogP contribution < -0.4 is 10.0 Å². The summed E-state index contributed by atoms with van der Waals surface area (Å²) in [7, 11) is -3.77. The maximum Gasteiger partial charge on any atom is 0.241 e. The highest BCUT2D eigenvalue weighted by Gasteiger charge is 2.28. The normalized spacial score (nSPS) is 15.9. The van der Waals surface area contributed by atoms with Gasteiger partial charge in [-0.1, -0.05) is 36.4 Å². The summed E-state index contributed by atoms with van der Waals surface area (Å²) in [5.74, 6) is -0.365. The van der Waals surface area contributed by atoms with Gasteiger partial charge in [-0.3, -0.25) is 14.5 Å². The summed E-state index contributed by atoms with van der Waals surface area (Å²) in [5, 5.41) is 2.98. The van der Waals surface area contributed by atoms with Gasteiger partial charge in [-0.05, 0) is 44.0 Å². The molecule has 1 atom stereocenters. The number of benzene rings is 2. The molecule has 1 aliphatic rings. The van der Waals surface area contributed by atoms with Crippen molar-refractivity contribution in [2.24, 2.45) is 0 Å². The van der Waals surface area contributed by atoms with Crippen molar-refractivity contribution in [3.63, 3.8) is 0 Å². The molecule has 0 aliphatic carbocycles. The Balaban J connectivity index is 1.49. The third-order valence-electron chi connectivity index (χ3n) is 5.55. The predicted molar refractivity (Wildman–Crippen MR) is 124 cm³/mol. The molecule has 0 saturated carbocycles. The van der Waals surface area contributed by atoms with E-state index in [0.717, 1.165) is 16.8 Å². The Bertz CT molecular complexity index is 1040. The largest absolute Gasteiger partial charge is 0.339 e. The molecular weight excluding hydrogens is 428 g/mol. The number of piperazine rings is 1. The lowest BCUT2D eigenvalue weighted by Crippen LogP contribution is -2.54. The van der Waals surface area contributed by atoms with Crippen molar-refractivity contribution < 1.29 is 18.0 Å². The Kier molecular flexibility index (Phi) is 7.65. The number of carbonyl (C=O) groups is 2. The van der Waals surface area contributed by atoms with Gasteiger partial charge >= 0.3 is 0 Å². The first kappa shape index (κ1) is 23.9. The van der Waals surface area contributed by atoms with Gasteiger partial charge in [-0.2, -0.15) is 4.72 Å². The number of amides is 2. The van der Waals surface area contributed by atoms with E-state index in [9.17, 15) is 18.0 Å². The van der Waals surface area contributed by atoms with Crippen LogP contribution in [0.1, 0.15) is 18.1 Å². The van der Waals surface area contributed by atoms with E-state index < -0.39 is 16.1 Å². The second kappa shape index (κ2) is 10.2. The molecule has 0 aromatic heterocycles. The molecule has 1 heterocycles. The summed E-state index contributed by atoms with van der Waals surface area (Å²) in [5.41, 5.74) is 2.87. The molecule has 1 saturated heterocycles. The third-order valence-corrected chi connectivity index (χ3v) is 7.11. The number of hydrogen-bond donors (Lipinski definition) is 2. The number of nitrogens with one attached hydrogen (secondary N) is 2. The van der Waals surface area contributed by atoms with Gasteiger partial charge in [-0.25, -0.2) is 8.42 Å². The van der Waals surface area contributed by atoms with Gasteiger partial charge in [0.25, 0.3) is 0 Å². The highest BCUT2D eigenvalue weighted by atomic mass is 32.2. The highest BCUT2D eigenvalue weighted by Crippen LogP contribution is 2.19. The lowest BCUT2D eigenvalue weighted by Gasteiger charge is -2.35. The van der Waals surface area contributed by atoms with E-state index in [1.807, 2.05) is 36.9 Å². The number of aryl methyl sites for hydroxylation is 2. The maximum atomic E-state index is 12.8. The Morgan fingerprint density at radius 2 is 1.53 bits per heavy atom. The van der Waals surface area contributed by atoms with Gasteiger partial charge in [0.2, 0.25) is 21.8 Å². The lowest BCUT2D eigenvalue weighted by molar-refractivity contribution is -0.134. The Hall–Kier alpha value is -2.75. The highest BCUT2D eigenvalue weighted by molar-refractivity contribution is 7.89. The van der Waals surface area contributed by atoms with E-state index in [2.05, 4.69) is 10.0 Å². The second-order valence-electron chi connectivity index (χ2n) is 8.07. The summed E-state index contributed by atoms with van der Waals surface area (Å²) in [6.07, 6.45) is 0. The molecule has 172 valence electrons. The molecule has 3 rings (SSSR count). The van der Waals surface area contributed by atoms with Crippen LogP contribution in [0.2, 0.25) is 0 Å². The van der Waals surface area contributed by atoms with Crippen molar-refractivity contribution in [2.75, 3.05) is 38.0 Å². The lowest BCUT2D eigenvalue weighted by atomic mass is 10.1. The van der Waals surface area contributed by atoms with Crippen molar-refractivity contribution in [1.82, 2.24) is 14.5 Å². The number of rotatable bonds is 7. The summed E-state index contributed by atoms with van der Waals surface area (Å²) in [4.78, 5) is 29.0. The van der Waals surface area contributed by atoms with Crippen molar-refractivity contribution in [2.45, 2.75) is 31.7 Å². The van der Waals surface area contributed by atoms with Crippen molar-refractivity contribution in [3.8, 4) is 0 Å². The molecule has 9 heteroatoms. The molecule has 1 fully saturated rings. The van der Waals surface area contributed by atoms with Crippen LogP contribution in [0.5, 0.6) is 0 Å². The molecule has 0 bridgehead atoms. The molecule has 0 radical (unpaired) electrons. The van der Waals surface area contributed by atoms with E-state index in [4.69, 9.17) is 0 Å². The minimum atomic E-state index is -3.77. The first-order valence-corrected chi connectivity index (χ1v) is 12.1. The summed E-state index contributed by atoms with van der Waals surface area (Å²) < 4.78 is 27.4. The number of anilines is 1. The second-order valence-corrected chi connectivity index (χ2v) is 9.79. The van der Waals surface area contributed by atoms with Gasteiger partial charge in [0.05, 0.1) is 17.5 Å². The van der Waals surface area contributed by atoms with Crippen LogP contribution in [0.4, 0.5) is 5.69 Å². The number of carbonyl (C=O) groups excluding carboxylic acids is 2. The number of para-hydroxylation sites is 1. The maximum absolute atomic E-state index is 12.8. The van der Waals surface area contributed by atoms with E-state index >= 15 is 0 Å². The fraction of sp³-hybridized carbons (Fsp3) is 0.391. The molecule has 2 aromatic carbocycles. The molecule has 8 nitrogen and oxygen atoms in total. The number of sulfonamides is 1. The number of nitrogens with zero attached hydrogens (tertiary/aromatic N) is 2. The van der Waals surface area contributed by atoms with Crippen LogP contribution in [0.3, 0.4) is 0 Å². The third kappa shape index (κ3) is 5.93. The smallest absolute Gasteiger partial charge is 0.241 e. The van der Waals surface area contributed by atoms with Crippen molar-refractivity contribution in [1.29, 1.82) is 0 Å². The van der Waals surface area contributed by atoms with Crippen LogP contribution in [0.15, 0.2) is 53.4 Å². The summed E-state index contributed by atoms with van der Waals surface area (Å²) >= 11 is 0. The van der Waals surface area contributed by atoms with Crippen LogP contribution in [-0.2, 0) is 19.6 Å². The molecule has 0 spiro atoms. The molecule has 2 N–H and O–H groups in total. The van der Waals surface area contributed by atoms with Crippen LogP contribution in [0.25, 0.3) is 0 Å². The van der Waals surface area contributed by atoms with E-state index in [1.165, 1.54) is 12.1 Å². The monoisotopic (exact) mass is 458 g/mol. The summed E-state index contributed by atoms with van der Waals surface area (Å²) in [6.45, 7) is 7.67. The topological polar surface area (TPSA) is 98.8 Å². The molecule has 2 amide bonds. The Morgan fingerprint density at radius 3 is 2.12 bits per heavy atom. The standard InChI is InChI=1S/C23H30N4O4S/c1-17-8-7-9-18(2)22(17)24-21(28)16-26-12-14-27(15-13-26)23(29)19(3)25-32(30,31)20-10-5-4-6-11-20/h4-11,19,25H,12-16H2,1-3H3,(H,24,28)/t19-/m0/s1.